The molecule has 1 heterocycles. The molecule has 0 saturated heterocycles. The minimum Gasteiger partial charge on any atom is -0.380 e. The van der Waals surface area contributed by atoms with Crippen LogP contribution in [0.5, 0.6) is 0 Å². The first-order valence-electron chi connectivity index (χ1n) is 7.97. The van der Waals surface area contributed by atoms with Crippen LogP contribution in [0.1, 0.15) is 19.4 Å². The Kier molecular flexibility index (Phi) is 6.22. The van der Waals surface area contributed by atoms with E-state index in [0.717, 1.165) is 12.1 Å². The molecule has 0 fully saturated rings. The number of aromatic nitrogens is 1. The van der Waals surface area contributed by atoms with E-state index in [1.165, 1.54) is 10.6 Å². The first-order chi connectivity index (χ1) is 11.8. The zero-order chi connectivity index (χ0) is 18.6. The van der Waals surface area contributed by atoms with Crippen molar-refractivity contribution in [3.8, 4) is 0 Å². The maximum atomic E-state index is 14.2. The minimum atomic E-state index is -0.761. The van der Waals surface area contributed by atoms with Gasteiger partial charge < -0.3 is 20.4 Å². The number of carbonyl (C=O) groups excluding carboxylic acids is 1. The number of amides is 1. The van der Waals surface area contributed by atoms with E-state index in [0.29, 0.717) is 6.61 Å². The summed E-state index contributed by atoms with van der Waals surface area (Å²) < 4.78 is 34.3. The maximum Gasteiger partial charge on any atom is 0.255 e. The number of nitrogens with one attached hydrogen (secondary N) is 1. The van der Waals surface area contributed by atoms with E-state index in [9.17, 15) is 18.4 Å². The molecule has 2 aromatic rings. The number of nitrogens with two attached hydrogens (primary N) is 1. The van der Waals surface area contributed by atoms with Gasteiger partial charge in [-0.3, -0.25) is 9.59 Å². The Labute approximate surface area is 143 Å². The minimum absolute atomic E-state index is 0.0321. The average Bonchev–Trinajstić information content (AvgIpc) is 2.55. The summed E-state index contributed by atoms with van der Waals surface area (Å²) in [5, 5.41) is 2.94. The predicted octanol–water partition coefficient (Wildman–Crippen LogP) is 1.28. The molecule has 0 aliphatic heterocycles. The van der Waals surface area contributed by atoms with E-state index in [1.807, 2.05) is 6.92 Å². The molecular formula is C17H21F2N3O3. The van der Waals surface area contributed by atoms with Gasteiger partial charge in [-0.2, -0.15) is 0 Å². The zero-order valence-electron chi connectivity index (χ0n) is 14.1. The van der Waals surface area contributed by atoms with Gasteiger partial charge in [0.15, 0.2) is 0 Å². The number of nitrogens with zero attached hydrogens (tertiary/aromatic N) is 1. The molecule has 0 radical (unpaired) electrons. The van der Waals surface area contributed by atoms with Gasteiger partial charge in [0.25, 0.3) is 5.56 Å². The van der Waals surface area contributed by atoms with Crippen LogP contribution in [0.2, 0.25) is 0 Å². The molecule has 0 aliphatic rings. The molecule has 1 amide bonds. The Balaban J connectivity index is 2.50. The van der Waals surface area contributed by atoms with Gasteiger partial charge >= 0.3 is 0 Å². The van der Waals surface area contributed by atoms with Crippen LogP contribution >= 0.6 is 0 Å². The second kappa shape index (κ2) is 8.17. The van der Waals surface area contributed by atoms with E-state index < -0.39 is 29.1 Å². The Morgan fingerprint density at radius 2 is 2.08 bits per heavy atom. The first-order valence-corrected chi connectivity index (χ1v) is 7.97. The van der Waals surface area contributed by atoms with Crippen molar-refractivity contribution in [1.29, 1.82) is 0 Å². The standard InChI is InChI=1S/C17H21F2N3O3/c1-3-25-5-4-22-15-8-12(18)7-14(19)13(15)6-11(17(22)24)9-21-10(2)16(20)23/h6-8,10,21H,3-5,9H2,1-2H3,(H2,20,23). The number of hydrogen-bond acceptors (Lipinski definition) is 4. The summed E-state index contributed by atoms with van der Waals surface area (Å²) in [7, 11) is 0. The van der Waals surface area contributed by atoms with E-state index in [-0.39, 0.29) is 36.2 Å². The van der Waals surface area contributed by atoms with Crippen molar-refractivity contribution in [1.82, 2.24) is 9.88 Å². The Morgan fingerprint density at radius 1 is 1.36 bits per heavy atom. The highest BCUT2D eigenvalue weighted by molar-refractivity contribution is 5.81. The fourth-order valence-corrected chi connectivity index (χ4v) is 2.47. The largest absolute Gasteiger partial charge is 0.380 e. The van der Waals surface area contributed by atoms with Gasteiger partial charge in [0.2, 0.25) is 5.91 Å². The number of fused-ring (bicyclic) bond motifs is 1. The van der Waals surface area contributed by atoms with Crippen molar-refractivity contribution in [3.63, 3.8) is 0 Å². The highest BCUT2D eigenvalue weighted by Gasteiger charge is 2.15. The van der Waals surface area contributed by atoms with Crippen molar-refractivity contribution in [2.75, 3.05) is 13.2 Å². The number of hydrogen-bond donors (Lipinski definition) is 2. The molecule has 3 N–H and O–H groups in total. The Morgan fingerprint density at radius 3 is 2.72 bits per heavy atom. The summed E-state index contributed by atoms with van der Waals surface area (Å²) in [4.78, 5) is 23.8. The van der Waals surface area contributed by atoms with Gasteiger partial charge in [0.1, 0.15) is 11.6 Å². The van der Waals surface area contributed by atoms with Crippen LogP contribution in [-0.4, -0.2) is 29.7 Å². The normalized spacial score (nSPS) is 12.5. The number of pyridine rings is 1. The third-order valence-electron chi connectivity index (χ3n) is 3.89. The van der Waals surface area contributed by atoms with Gasteiger partial charge in [0.05, 0.1) is 18.2 Å². The zero-order valence-corrected chi connectivity index (χ0v) is 14.1. The summed E-state index contributed by atoms with van der Waals surface area (Å²) in [6.45, 7) is 4.26. The lowest BCUT2D eigenvalue weighted by atomic mass is 10.1. The molecule has 0 saturated carbocycles. The smallest absolute Gasteiger partial charge is 0.255 e. The fourth-order valence-electron chi connectivity index (χ4n) is 2.47. The van der Waals surface area contributed by atoms with Crippen molar-refractivity contribution >= 4 is 16.8 Å². The molecule has 1 unspecified atom stereocenters. The number of carbonyl (C=O) groups is 1. The number of benzene rings is 1. The number of halogens is 2. The quantitative estimate of drug-likeness (QED) is 0.700. The Bertz CT molecular complexity index is 836. The number of rotatable bonds is 8. The molecule has 2 rings (SSSR count). The van der Waals surface area contributed by atoms with Gasteiger partial charge in [-0.1, -0.05) is 0 Å². The van der Waals surface area contributed by atoms with Crippen molar-refractivity contribution < 1.29 is 18.3 Å². The molecule has 6 nitrogen and oxygen atoms in total. The van der Waals surface area contributed by atoms with Crippen LogP contribution < -0.4 is 16.6 Å². The van der Waals surface area contributed by atoms with Gasteiger partial charge in [0, 0.05) is 36.7 Å². The molecule has 8 heteroatoms. The second-order valence-corrected chi connectivity index (χ2v) is 5.65. The SMILES string of the molecule is CCOCCn1c(=O)c(CNC(C)C(N)=O)cc2c(F)cc(F)cc21. The van der Waals surface area contributed by atoms with Crippen LogP contribution in [0.15, 0.2) is 23.0 Å². The summed E-state index contributed by atoms with van der Waals surface area (Å²) in [5.41, 5.74) is 5.19. The van der Waals surface area contributed by atoms with Gasteiger partial charge in [-0.25, -0.2) is 8.78 Å². The molecule has 1 aromatic heterocycles. The lowest BCUT2D eigenvalue weighted by molar-refractivity contribution is -0.119. The molecule has 0 bridgehead atoms. The van der Waals surface area contributed by atoms with E-state index in [4.69, 9.17) is 10.5 Å². The molecule has 0 aliphatic carbocycles. The van der Waals surface area contributed by atoms with Crippen molar-refractivity contribution in [3.05, 3.63) is 45.8 Å². The monoisotopic (exact) mass is 353 g/mol. The lowest BCUT2D eigenvalue weighted by Crippen LogP contribution is -2.39. The van der Waals surface area contributed by atoms with Gasteiger partial charge in [-0.05, 0) is 26.0 Å². The third kappa shape index (κ3) is 4.40. The van der Waals surface area contributed by atoms with Crippen LogP contribution in [0, 0.1) is 11.6 Å². The first kappa shape index (κ1) is 19.0. The predicted molar refractivity (Wildman–Crippen MR) is 90.1 cm³/mol. The topological polar surface area (TPSA) is 86.3 Å². The van der Waals surface area contributed by atoms with Crippen LogP contribution in [-0.2, 0) is 22.6 Å². The average molecular weight is 353 g/mol. The number of primary amides is 1. The third-order valence-corrected chi connectivity index (χ3v) is 3.89. The highest BCUT2D eigenvalue weighted by atomic mass is 19.1. The van der Waals surface area contributed by atoms with Crippen molar-refractivity contribution in [2.24, 2.45) is 5.73 Å². The molecular weight excluding hydrogens is 332 g/mol. The Hall–Kier alpha value is -2.32. The van der Waals surface area contributed by atoms with Crippen LogP contribution in [0.3, 0.4) is 0 Å². The molecule has 1 atom stereocenters. The maximum absolute atomic E-state index is 14.2. The van der Waals surface area contributed by atoms with E-state index in [1.54, 1.807) is 6.92 Å². The van der Waals surface area contributed by atoms with Crippen molar-refractivity contribution in [2.45, 2.75) is 33.0 Å². The van der Waals surface area contributed by atoms with Gasteiger partial charge in [-0.15, -0.1) is 0 Å². The summed E-state index contributed by atoms with van der Waals surface area (Å²) in [6.07, 6.45) is 0. The highest BCUT2D eigenvalue weighted by Crippen LogP contribution is 2.19. The molecule has 0 spiro atoms. The molecule has 136 valence electrons. The summed E-state index contributed by atoms with van der Waals surface area (Å²) in [6, 6.07) is 2.60. The van der Waals surface area contributed by atoms with Crippen LogP contribution in [0.25, 0.3) is 10.9 Å². The number of ether oxygens (including phenoxy) is 1. The lowest BCUT2D eigenvalue weighted by Gasteiger charge is -2.15. The second-order valence-electron chi connectivity index (χ2n) is 5.65. The van der Waals surface area contributed by atoms with E-state index >= 15 is 0 Å². The summed E-state index contributed by atoms with van der Waals surface area (Å²) >= 11 is 0. The fraction of sp³-hybridized carbons (Fsp3) is 0.412. The molecule has 25 heavy (non-hydrogen) atoms. The van der Waals surface area contributed by atoms with Crippen LogP contribution in [0.4, 0.5) is 8.78 Å². The molecule has 1 aromatic carbocycles. The van der Waals surface area contributed by atoms with E-state index in [2.05, 4.69) is 5.32 Å². The summed E-state index contributed by atoms with van der Waals surface area (Å²) in [5.74, 6) is -2.09.